The zero-order valence-corrected chi connectivity index (χ0v) is 7.89. The summed E-state index contributed by atoms with van der Waals surface area (Å²) in [4.78, 5) is 4.09. The molecular formula is C9H11ClN2. The number of nitrogens with zero attached hydrogens (tertiary/aromatic N) is 1. The molecular weight excluding hydrogens is 172 g/mol. The lowest BCUT2D eigenvalue weighted by Gasteiger charge is -2.03. The van der Waals surface area contributed by atoms with Crippen molar-refractivity contribution >= 4 is 29.2 Å². The average molecular weight is 183 g/mol. The molecule has 1 aromatic rings. The lowest BCUT2D eigenvalue weighted by Crippen LogP contribution is -1.88. The monoisotopic (exact) mass is 182 g/mol. The van der Waals surface area contributed by atoms with Gasteiger partial charge in [-0.1, -0.05) is 11.6 Å². The van der Waals surface area contributed by atoms with E-state index < -0.39 is 0 Å². The van der Waals surface area contributed by atoms with E-state index in [4.69, 9.17) is 17.3 Å². The second-order valence-corrected chi connectivity index (χ2v) is 2.97. The number of nitrogens with two attached hydrogens (primary N) is 1. The third-order valence-corrected chi connectivity index (χ3v) is 1.83. The minimum atomic E-state index is 0.542. The predicted molar refractivity (Wildman–Crippen MR) is 54.4 cm³/mol. The lowest BCUT2D eigenvalue weighted by atomic mass is 10.2. The number of aliphatic imine (C=N–C) groups is 1. The van der Waals surface area contributed by atoms with E-state index in [1.165, 1.54) is 0 Å². The van der Waals surface area contributed by atoms with E-state index >= 15 is 0 Å². The standard InChI is InChI=1S/C9H11ClN2/c1-3-12-8-5-6(2)4-7(10)9(8)11/h3-5H,11H2,1-2H3. The third-order valence-electron chi connectivity index (χ3n) is 1.52. The number of hydrogen-bond acceptors (Lipinski definition) is 2. The second-order valence-electron chi connectivity index (χ2n) is 2.57. The fraction of sp³-hybridized carbons (Fsp3) is 0.222. The summed E-state index contributed by atoms with van der Waals surface area (Å²) >= 11 is 5.86. The van der Waals surface area contributed by atoms with Gasteiger partial charge in [0.1, 0.15) is 0 Å². The normalized spacial score (nSPS) is 10.9. The van der Waals surface area contributed by atoms with E-state index in [0.717, 1.165) is 11.3 Å². The molecule has 0 amide bonds. The van der Waals surface area contributed by atoms with Crippen LogP contribution in [0.4, 0.5) is 11.4 Å². The van der Waals surface area contributed by atoms with Crippen LogP contribution in [-0.4, -0.2) is 6.21 Å². The first-order chi connectivity index (χ1) is 5.65. The first-order valence-electron chi connectivity index (χ1n) is 3.69. The Morgan fingerprint density at radius 3 is 2.75 bits per heavy atom. The highest BCUT2D eigenvalue weighted by Crippen LogP contribution is 2.30. The van der Waals surface area contributed by atoms with Gasteiger partial charge in [0.15, 0.2) is 0 Å². The molecule has 3 heteroatoms. The first-order valence-corrected chi connectivity index (χ1v) is 4.07. The van der Waals surface area contributed by atoms with Crippen molar-refractivity contribution in [3.63, 3.8) is 0 Å². The zero-order chi connectivity index (χ0) is 9.14. The molecule has 1 aromatic carbocycles. The molecule has 1 rings (SSSR count). The summed E-state index contributed by atoms with van der Waals surface area (Å²) in [6.07, 6.45) is 1.70. The van der Waals surface area contributed by atoms with E-state index in [0.29, 0.717) is 10.7 Å². The molecule has 2 nitrogen and oxygen atoms in total. The molecule has 0 aliphatic carbocycles. The van der Waals surface area contributed by atoms with Crippen LogP contribution in [0.1, 0.15) is 12.5 Å². The molecule has 0 saturated carbocycles. The Morgan fingerprint density at radius 1 is 1.50 bits per heavy atom. The highest BCUT2D eigenvalue weighted by Gasteiger charge is 2.02. The molecule has 12 heavy (non-hydrogen) atoms. The van der Waals surface area contributed by atoms with Gasteiger partial charge in [-0.15, -0.1) is 0 Å². The van der Waals surface area contributed by atoms with Crippen molar-refractivity contribution in [2.75, 3.05) is 5.73 Å². The van der Waals surface area contributed by atoms with Crippen molar-refractivity contribution in [1.82, 2.24) is 0 Å². The molecule has 0 bridgehead atoms. The number of hydrogen-bond donors (Lipinski definition) is 1. The van der Waals surface area contributed by atoms with Crippen LogP contribution >= 0.6 is 11.6 Å². The van der Waals surface area contributed by atoms with Gasteiger partial charge >= 0.3 is 0 Å². The van der Waals surface area contributed by atoms with Crippen molar-refractivity contribution in [2.45, 2.75) is 13.8 Å². The van der Waals surface area contributed by atoms with Gasteiger partial charge in [0, 0.05) is 6.21 Å². The SMILES string of the molecule is CC=Nc1cc(C)cc(Cl)c1N. The van der Waals surface area contributed by atoms with Crippen LogP contribution in [0.2, 0.25) is 5.02 Å². The lowest BCUT2D eigenvalue weighted by molar-refractivity contribution is 1.43. The van der Waals surface area contributed by atoms with Crippen LogP contribution in [0.15, 0.2) is 17.1 Å². The van der Waals surface area contributed by atoms with E-state index in [9.17, 15) is 0 Å². The number of aryl methyl sites for hydroxylation is 1. The van der Waals surface area contributed by atoms with Crippen LogP contribution in [0.25, 0.3) is 0 Å². The quantitative estimate of drug-likeness (QED) is 0.526. The molecule has 64 valence electrons. The molecule has 0 radical (unpaired) electrons. The fourth-order valence-electron chi connectivity index (χ4n) is 0.981. The molecule has 0 fully saturated rings. The Labute approximate surface area is 77.1 Å². The van der Waals surface area contributed by atoms with Gasteiger partial charge in [-0.3, -0.25) is 4.99 Å². The maximum atomic E-state index is 5.86. The molecule has 0 spiro atoms. The number of anilines is 1. The Balaban J connectivity index is 3.27. The molecule has 2 N–H and O–H groups in total. The summed E-state index contributed by atoms with van der Waals surface area (Å²) in [5, 5.41) is 0.565. The van der Waals surface area contributed by atoms with E-state index in [1.807, 2.05) is 26.0 Å². The van der Waals surface area contributed by atoms with Crippen LogP contribution in [0.5, 0.6) is 0 Å². The molecule has 0 heterocycles. The van der Waals surface area contributed by atoms with Crippen molar-refractivity contribution < 1.29 is 0 Å². The Bertz CT molecular complexity index is 319. The van der Waals surface area contributed by atoms with Crippen molar-refractivity contribution in [2.24, 2.45) is 4.99 Å². The summed E-state index contributed by atoms with van der Waals surface area (Å²) in [6, 6.07) is 3.73. The maximum absolute atomic E-state index is 5.86. The van der Waals surface area contributed by atoms with Gasteiger partial charge in [0.25, 0.3) is 0 Å². The highest BCUT2D eigenvalue weighted by molar-refractivity contribution is 6.33. The Kier molecular flexibility index (Phi) is 2.71. The van der Waals surface area contributed by atoms with Crippen LogP contribution in [-0.2, 0) is 0 Å². The van der Waals surface area contributed by atoms with Crippen LogP contribution in [0, 0.1) is 6.92 Å². The van der Waals surface area contributed by atoms with Gasteiger partial charge in [0.2, 0.25) is 0 Å². The van der Waals surface area contributed by atoms with Crippen molar-refractivity contribution in [3.05, 3.63) is 22.7 Å². The smallest absolute Gasteiger partial charge is 0.0872 e. The molecule has 0 aliphatic heterocycles. The van der Waals surface area contributed by atoms with Crippen molar-refractivity contribution in [3.8, 4) is 0 Å². The van der Waals surface area contributed by atoms with Crippen LogP contribution in [0.3, 0.4) is 0 Å². The summed E-state index contributed by atoms with van der Waals surface area (Å²) in [6.45, 7) is 3.80. The van der Waals surface area contributed by atoms with E-state index in [2.05, 4.69) is 4.99 Å². The summed E-state index contributed by atoms with van der Waals surface area (Å²) < 4.78 is 0. The molecule has 0 saturated heterocycles. The number of halogens is 1. The molecule has 0 aliphatic rings. The third kappa shape index (κ3) is 1.77. The fourth-order valence-corrected chi connectivity index (χ4v) is 1.25. The number of benzene rings is 1. The molecule has 0 aromatic heterocycles. The van der Waals surface area contributed by atoms with Gasteiger partial charge in [-0.25, -0.2) is 0 Å². The Morgan fingerprint density at radius 2 is 2.17 bits per heavy atom. The summed E-state index contributed by atoms with van der Waals surface area (Å²) in [5.41, 5.74) is 8.04. The average Bonchev–Trinajstić information content (AvgIpc) is 2.00. The molecule has 0 atom stereocenters. The highest BCUT2D eigenvalue weighted by atomic mass is 35.5. The van der Waals surface area contributed by atoms with E-state index in [-0.39, 0.29) is 0 Å². The van der Waals surface area contributed by atoms with Crippen molar-refractivity contribution in [1.29, 1.82) is 0 Å². The number of nitrogen functional groups attached to an aromatic ring is 1. The van der Waals surface area contributed by atoms with Gasteiger partial charge in [-0.05, 0) is 31.5 Å². The maximum Gasteiger partial charge on any atom is 0.0872 e. The van der Waals surface area contributed by atoms with Gasteiger partial charge in [-0.2, -0.15) is 0 Å². The summed E-state index contributed by atoms with van der Waals surface area (Å²) in [5.74, 6) is 0. The summed E-state index contributed by atoms with van der Waals surface area (Å²) in [7, 11) is 0. The molecule has 0 unspecified atom stereocenters. The first kappa shape index (κ1) is 9.07. The minimum absolute atomic E-state index is 0.542. The topological polar surface area (TPSA) is 38.4 Å². The van der Waals surface area contributed by atoms with Crippen LogP contribution < -0.4 is 5.73 Å². The predicted octanol–water partition coefficient (Wildman–Crippen LogP) is 2.95. The number of rotatable bonds is 1. The van der Waals surface area contributed by atoms with Gasteiger partial charge in [0.05, 0.1) is 16.4 Å². The minimum Gasteiger partial charge on any atom is -0.396 e. The largest absolute Gasteiger partial charge is 0.396 e. The zero-order valence-electron chi connectivity index (χ0n) is 7.13. The van der Waals surface area contributed by atoms with E-state index in [1.54, 1.807) is 6.21 Å². The van der Waals surface area contributed by atoms with Gasteiger partial charge < -0.3 is 5.73 Å². The Hall–Kier alpha value is -1.02. The second kappa shape index (κ2) is 3.59.